The van der Waals surface area contributed by atoms with Crippen LogP contribution in [0.25, 0.3) is 0 Å². The van der Waals surface area contributed by atoms with Crippen LogP contribution in [0.15, 0.2) is 17.1 Å². The average Bonchev–Trinajstić information content (AvgIpc) is 2.94. The number of methoxy groups -OCH3 is 1. The normalized spacial score (nSPS) is 32.3. The van der Waals surface area contributed by atoms with Crippen LogP contribution < -0.4 is 4.74 Å². The summed E-state index contributed by atoms with van der Waals surface area (Å²) in [6, 6.07) is 2.94. The number of carbonyl (C=O) groups is 1. The number of ether oxygens (including phenoxy) is 1. The van der Waals surface area contributed by atoms with Crippen LogP contribution in [0.2, 0.25) is 0 Å². The molecule has 5 nitrogen and oxygen atoms in total. The first-order valence-electron chi connectivity index (χ1n) is 9.81. The number of rotatable bonds is 4. The van der Waals surface area contributed by atoms with Gasteiger partial charge in [-0.15, -0.1) is 0 Å². The van der Waals surface area contributed by atoms with Crippen LogP contribution in [-0.2, 0) is 10.4 Å². The summed E-state index contributed by atoms with van der Waals surface area (Å²) in [6.07, 6.45) is 2.89. The molecule has 27 heavy (non-hydrogen) atoms. The second-order valence-electron chi connectivity index (χ2n) is 8.16. The third-order valence-electron chi connectivity index (χ3n) is 6.62. The minimum absolute atomic E-state index is 0.0175. The predicted molar refractivity (Wildman–Crippen MR) is 101 cm³/mol. The quantitative estimate of drug-likeness (QED) is 0.879. The van der Waals surface area contributed by atoms with Crippen molar-refractivity contribution in [3.63, 3.8) is 0 Å². The van der Waals surface area contributed by atoms with Crippen LogP contribution in [0.4, 0.5) is 10.1 Å². The molecule has 0 spiro atoms. The maximum Gasteiger partial charge on any atom is 0.165 e. The van der Waals surface area contributed by atoms with Crippen LogP contribution in [0.5, 0.6) is 5.75 Å². The summed E-state index contributed by atoms with van der Waals surface area (Å²) in [5.74, 6) is 0.588. The number of fused-ring (bicyclic) bond motifs is 5. The maximum absolute atomic E-state index is 14.3. The van der Waals surface area contributed by atoms with E-state index in [9.17, 15) is 14.3 Å². The zero-order valence-electron chi connectivity index (χ0n) is 16.2. The van der Waals surface area contributed by atoms with Gasteiger partial charge in [-0.05, 0) is 43.7 Å². The minimum Gasteiger partial charge on any atom is -0.493 e. The lowest BCUT2D eigenvalue weighted by Gasteiger charge is -2.50. The van der Waals surface area contributed by atoms with Crippen molar-refractivity contribution in [2.75, 3.05) is 20.2 Å². The number of halogens is 1. The lowest BCUT2D eigenvalue weighted by molar-refractivity contribution is -0.119. The molecule has 0 amide bonds. The lowest BCUT2D eigenvalue weighted by atomic mass is 9.71. The Labute approximate surface area is 159 Å². The molecule has 2 saturated heterocycles. The Bertz CT molecular complexity index is 809. The molecule has 2 fully saturated rings. The van der Waals surface area contributed by atoms with Gasteiger partial charge in [0.05, 0.1) is 30.1 Å². The monoisotopic (exact) mass is 374 g/mol. The molecule has 1 N–H and O–H groups in total. The number of aliphatic hydroxyl groups is 1. The Balaban J connectivity index is 1.72. The Kier molecular flexibility index (Phi) is 4.59. The molecule has 0 unspecified atom stereocenters. The Morgan fingerprint density at radius 3 is 2.89 bits per heavy atom. The first-order chi connectivity index (χ1) is 12.9. The van der Waals surface area contributed by atoms with Crippen LogP contribution in [0.3, 0.4) is 0 Å². The molecular formula is C21H27FN2O3. The highest BCUT2D eigenvalue weighted by Gasteiger charge is 2.54. The van der Waals surface area contributed by atoms with Gasteiger partial charge in [-0.1, -0.05) is 13.3 Å². The number of hydrogen-bond acceptors (Lipinski definition) is 5. The second kappa shape index (κ2) is 6.67. The number of aliphatic imine (C=N–C) groups is 1. The standard InChI is InChI=1S/C21H27FN2O3/c1-4-13-11-24-8-7-21(26)18-16(6-5-15(22)19(18)27-3)23-20(21)17(24)10-14(13)9-12(2)25/h5-6,13-14,17,26H,4,7-11H2,1-3H3/t13-,14+,17-,21+/m1/s1. The van der Waals surface area contributed by atoms with E-state index in [4.69, 9.17) is 9.73 Å². The molecule has 3 aliphatic heterocycles. The number of nitrogens with zero attached hydrogens (tertiary/aromatic N) is 2. The largest absolute Gasteiger partial charge is 0.493 e. The van der Waals surface area contributed by atoms with E-state index < -0.39 is 11.4 Å². The molecule has 0 radical (unpaired) electrons. The van der Waals surface area contributed by atoms with Gasteiger partial charge in [0.15, 0.2) is 11.6 Å². The molecule has 4 rings (SSSR count). The Morgan fingerprint density at radius 1 is 1.44 bits per heavy atom. The molecule has 1 aromatic carbocycles. The number of benzene rings is 1. The number of hydrogen-bond donors (Lipinski definition) is 1. The van der Waals surface area contributed by atoms with E-state index >= 15 is 0 Å². The molecule has 3 heterocycles. The first-order valence-corrected chi connectivity index (χ1v) is 9.81. The van der Waals surface area contributed by atoms with E-state index in [-0.39, 0.29) is 17.6 Å². The molecule has 1 aromatic rings. The summed E-state index contributed by atoms with van der Waals surface area (Å²) in [5, 5.41) is 11.6. The number of Topliss-reactive ketones (excluding diaryl/α,β-unsaturated/α-hetero) is 1. The first kappa shape index (κ1) is 18.6. The Morgan fingerprint density at radius 2 is 2.22 bits per heavy atom. The molecule has 6 heteroatoms. The van der Waals surface area contributed by atoms with Crippen LogP contribution in [0.1, 0.15) is 45.1 Å². The highest BCUT2D eigenvalue weighted by atomic mass is 19.1. The lowest BCUT2D eigenvalue weighted by Crippen LogP contribution is -2.60. The van der Waals surface area contributed by atoms with Crippen molar-refractivity contribution < 1.29 is 19.0 Å². The molecule has 0 bridgehead atoms. The van der Waals surface area contributed by atoms with Crippen LogP contribution in [0, 0.1) is 17.7 Å². The van der Waals surface area contributed by atoms with Crippen LogP contribution >= 0.6 is 0 Å². The van der Waals surface area contributed by atoms with Crippen molar-refractivity contribution >= 4 is 17.2 Å². The molecule has 3 aliphatic rings. The van der Waals surface area contributed by atoms with Crippen molar-refractivity contribution in [1.82, 2.24) is 4.90 Å². The number of piperidine rings is 2. The van der Waals surface area contributed by atoms with Crippen molar-refractivity contribution in [3.8, 4) is 5.75 Å². The van der Waals surface area contributed by atoms with E-state index in [1.807, 2.05) is 0 Å². The number of carbonyl (C=O) groups excluding carboxylic acids is 1. The van der Waals surface area contributed by atoms with Crippen molar-refractivity contribution in [2.24, 2.45) is 16.8 Å². The summed E-state index contributed by atoms with van der Waals surface area (Å²) < 4.78 is 19.6. The predicted octanol–water partition coefficient (Wildman–Crippen LogP) is 3.21. The van der Waals surface area contributed by atoms with E-state index in [0.29, 0.717) is 41.6 Å². The smallest absolute Gasteiger partial charge is 0.165 e. The van der Waals surface area contributed by atoms with Gasteiger partial charge in [-0.3, -0.25) is 9.89 Å². The fraction of sp³-hybridized carbons (Fsp3) is 0.619. The molecule has 146 valence electrons. The van der Waals surface area contributed by atoms with Gasteiger partial charge in [0.25, 0.3) is 0 Å². The van der Waals surface area contributed by atoms with E-state index in [1.54, 1.807) is 13.0 Å². The van der Waals surface area contributed by atoms with E-state index in [1.165, 1.54) is 13.2 Å². The highest BCUT2D eigenvalue weighted by molar-refractivity contribution is 6.05. The second-order valence-corrected chi connectivity index (χ2v) is 8.16. The fourth-order valence-corrected chi connectivity index (χ4v) is 5.32. The van der Waals surface area contributed by atoms with Crippen molar-refractivity contribution in [2.45, 2.75) is 51.2 Å². The van der Waals surface area contributed by atoms with E-state index in [0.717, 1.165) is 25.9 Å². The van der Waals surface area contributed by atoms with Crippen LogP contribution in [-0.4, -0.2) is 47.7 Å². The van der Waals surface area contributed by atoms with Gasteiger partial charge in [0.2, 0.25) is 0 Å². The molecule has 0 aliphatic carbocycles. The Hall–Kier alpha value is -1.79. The zero-order valence-corrected chi connectivity index (χ0v) is 16.2. The topological polar surface area (TPSA) is 62.1 Å². The van der Waals surface area contributed by atoms with Gasteiger partial charge in [0.1, 0.15) is 11.4 Å². The summed E-state index contributed by atoms with van der Waals surface area (Å²) in [5.41, 5.74) is 0.452. The summed E-state index contributed by atoms with van der Waals surface area (Å²) >= 11 is 0. The van der Waals surface area contributed by atoms with Gasteiger partial charge in [-0.2, -0.15) is 0 Å². The fourth-order valence-electron chi connectivity index (χ4n) is 5.32. The third-order valence-corrected chi connectivity index (χ3v) is 6.62. The van der Waals surface area contributed by atoms with Crippen molar-refractivity contribution in [1.29, 1.82) is 0 Å². The summed E-state index contributed by atoms with van der Waals surface area (Å²) in [7, 11) is 1.42. The van der Waals surface area contributed by atoms with Gasteiger partial charge < -0.3 is 14.6 Å². The van der Waals surface area contributed by atoms with Gasteiger partial charge in [0, 0.05) is 19.5 Å². The summed E-state index contributed by atoms with van der Waals surface area (Å²) in [4.78, 5) is 18.9. The minimum atomic E-state index is -1.29. The zero-order chi connectivity index (χ0) is 19.3. The molecule has 0 aromatic heterocycles. The summed E-state index contributed by atoms with van der Waals surface area (Å²) in [6.45, 7) is 5.46. The SMILES string of the molecule is CC[C@@H]1CN2CC[C@@]3(O)C(=Nc4ccc(F)c(OC)c43)[C@H]2C[C@@H]1CC(C)=O. The highest BCUT2D eigenvalue weighted by Crippen LogP contribution is 2.51. The molecule has 4 atom stereocenters. The maximum atomic E-state index is 14.3. The molecular weight excluding hydrogens is 347 g/mol. The third kappa shape index (κ3) is 2.81. The van der Waals surface area contributed by atoms with Crippen molar-refractivity contribution in [3.05, 3.63) is 23.5 Å². The molecule has 0 saturated carbocycles. The van der Waals surface area contributed by atoms with E-state index in [2.05, 4.69) is 11.8 Å². The van der Waals surface area contributed by atoms with Gasteiger partial charge >= 0.3 is 0 Å². The number of ketones is 1. The van der Waals surface area contributed by atoms with Gasteiger partial charge in [-0.25, -0.2) is 4.39 Å². The average molecular weight is 374 g/mol.